The fourth-order valence-electron chi connectivity index (χ4n) is 0.998. The van der Waals surface area contributed by atoms with Gasteiger partial charge in [-0.15, -0.1) is 12.4 Å². The van der Waals surface area contributed by atoms with Crippen LogP contribution < -0.4 is 11.1 Å². The van der Waals surface area contributed by atoms with E-state index in [2.05, 4.69) is 12.2 Å². The molecule has 0 unspecified atom stereocenters. The number of rotatable bonds is 0. The first-order chi connectivity index (χ1) is 3.71. The van der Waals surface area contributed by atoms with Crippen LogP contribution in [0.15, 0.2) is 0 Å². The number of halogens is 1. The van der Waals surface area contributed by atoms with Gasteiger partial charge in [-0.2, -0.15) is 0 Å². The Bertz CT molecular complexity index is 75.1. The van der Waals surface area contributed by atoms with Crippen LogP contribution in [0.5, 0.6) is 0 Å². The van der Waals surface area contributed by atoms with Gasteiger partial charge in [0.05, 0.1) is 0 Å². The molecule has 1 rings (SSSR count). The van der Waals surface area contributed by atoms with E-state index in [9.17, 15) is 0 Å². The first-order valence-electron chi connectivity index (χ1n) is 3.20. The topological polar surface area (TPSA) is 38.0 Å². The third kappa shape index (κ3) is 3.04. The van der Waals surface area contributed by atoms with Crippen molar-refractivity contribution in [2.24, 2.45) is 5.73 Å². The summed E-state index contributed by atoms with van der Waals surface area (Å²) in [5.74, 6) is 0. The van der Waals surface area contributed by atoms with Gasteiger partial charge in [0, 0.05) is 5.54 Å². The van der Waals surface area contributed by atoms with E-state index in [1.165, 1.54) is 0 Å². The van der Waals surface area contributed by atoms with Crippen LogP contribution in [-0.4, -0.2) is 18.6 Å². The summed E-state index contributed by atoms with van der Waals surface area (Å²) in [5, 5.41) is 3.26. The van der Waals surface area contributed by atoms with Crippen LogP contribution in [0.25, 0.3) is 0 Å². The van der Waals surface area contributed by atoms with Crippen molar-refractivity contribution in [1.82, 2.24) is 5.32 Å². The third-order valence-electron chi connectivity index (χ3n) is 1.75. The predicted octanol–water partition coefficient (Wildman–Crippen LogP) is 0.509. The summed E-state index contributed by atoms with van der Waals surface area (Å²) in [5.41, 5.74) is 5.95. The lowest BCUT2D eigenvalue weighted by Gasteiger charge is -2.29. The van der Waals surface area contributed by atoms with Gasteiger partial charge in [0.25, 0.3) is 0 Å². The van der Waals surface area contributed by atoms with E-state index in [4.69, 9.17) is 5.73 Å². The quantitative estimate of drug-likeness (QED) is 0.528. The zero-order valence-corrected chi connectivity index (χ0v) is 6.63. The van der Waals surface area contributed by atoms with Crippen LogP contribution >= 0.6 is 12.4 Å². The van der Waals surface area contributed by atoms with Crippen LogP contribution in [-0.2, 0) is 0 Å². The number of hydrogen-bond acceptors (Lipinski definition) is 2. The molecule has 0 atom stereocenters. The van der Waals surface area contributed by atoms with Crippen LogP contribution in [0, 0.1) is 0 Å². The molecule has 0 amide bonds. The fraction of sp³-hybridized carbons (Fsp3) is 1.00. The molecule has 0 saturated carbocycles. The summed E-state index contributed by atoms with van der Waals surface area (Å²) < 4.78 is 0. The Morgan fingerprint density at radius 2 is 1.78 bits per heavy atom. The lowest BCUT2D eigenvalue weighted by Crippen LogP contribution is -2.46. The summed E-state index contributed by atoms with van der Waals surface area (Å²) in [6, 6.07) is 0. The smallest absolute Gasteiger partial charge is 0.0150 e. The first kappa shape index (κ1) is 9.21. The molecule has 1 heterocycles. The van der Waals surface area contributed by atoms with Crippen molar-refractivity contribution in [1.29, 1.82) is 0 Å². The average molecular weight is 151 g/mol. The highest BCUT2D eigenvalue weighted by Crippen LogP contribution is 2.11. The third-order valence-corrected chi connectivity index (χ3v) is 1.75. The highest BCUT2D eigenvalue weighted by atomic mass is 35.5. The Morgan fingerprint density at radius 3 is 2.00 bits per heavy atom. The summed E-state index contributed by atoms with van der Waals surface area (Å²) in [4.78, 5) is 0. The molecule has 0 aliphatic carbocycles. The van der Waals surface area contributed by atoms with E-state index in [-0.39, 0.29) is 17.9 Å². The van der Waals surface area contributed by atoms with Crippen LogP contribution in [0.3, 0.4) is 0 Å². The molecule has 0 aromatic rings. The number of nitrogens with one attached hydrogen (secondary N) is 1. The Hall–Kier alpha value is 0.210. The Kier molecular flexibility index (Phi) is 3.48. The van der Waals surface area contributed by atoms with Crippen molar-refractivity contribution in [2.75, 3.05) is 13.1 Å². The Balaban J connectivity index is 0.000000640. The minimum atomic E-state index is 0. The van der Waals surface area contributed by atoms with Crippen molar-refractivity contribution in [2.45, 2.75) is 25.3 Å². The average Bonchev–Trinajstić information content (AvgIpc) is 1.65. The van der Waals surface area contributed by atoms with Gasteiger partial charge in [-0.25, -0.2) is 0 Å². The second-order valence-electron chi connectivity index (χ2n) is 2.90. The molecule has 1 aliphatic rings. The van der Waals surface area contributed by atoms with Crippen LogP contribution in [0.1, 0.15) is 19.8 Å². The minimum Gasteiger partial charge on any atom is -0.325 e. The van der Waals surface area contributed by atoms with Gasteiger partial charge >= 0.3 is 0 Å². The van der Waals surface area contributed by atoms with E-state index < -0.39 is 0 Å². The molecule has 0 aromatic carbocycles. The van der Waals surface area contributed by atoms with Crippen molar-refractivity contribution in [3.05, 3.63) is 0 Å². The first-order valence-corrected chi connectivity index (χ1v) is 3.20. The summed E-state index contributed by atoms with van der Waals surface area (Å²) in [6.45, 7) is 4.30. The zero-order valence-electron chi connectivity index (χ0n) is 5.81. The van der Waals surface area contributed by atoms with Gasteiger partial charge in [0.2, 0.25) is 0 Å². The number of piperidine rings is 1. The molecule has 3 N–H and O–H groups in total. The normalized spacial score (nSPS) is 24.7. The summed E-state index contributed by atoms with van der Waals surface area (Å²) in [6.07, 6.45) is 2.24. The van der Waals surface area contributed by atoms with Crippen LogP contribution in [0.2, 0.25) is 0 Å². The molecule has 1 aliphatic heterocycles. The fourth-order valence-corrected chi connectivity index (χ4v) is 0.998. The lowest BCUT2D eigenvalue weighted by atomic mass is 9.92. The molecular formula is C6H15ClN2. The molecule has 2 nitrogen and oxygen atoms in total. The molecule has 1 fully saturated rings. The van der Waals surface area contributed by atoms with Crippen molar-refractivity contribution < 1.29 is 0 Å². The van der Waals surface area contributed by atoms with Gasteiger partial charge in [-0.1, -0.05) is 0 Å². The van der Waals surface area contributed by atoms with E-state index >= 15 is 0 Å². The van der Waals surface area contributed by atoms with Gasteiger partial charge in [0.15, 0.2) is 0 Å². The van der Waals surface area contributed by atoms with Crippen molar-refractivity contribution in [3.8, 4) is 0 Å². The second-order valence-corrected chi connectivity index (χ2v) is 2.90. The number of nitrogens with two attached hydrogens (primary N) is 1. The molecule has 9 heavy (non-hydrogen) atoms. The zero-order chi connectivity index (χ0) is 6.04. The highest BCUT2D eigenvalue weighted by Gasteiger charge is 2.20. The molecule has 56 valence electrons. The molecule has 0 bridgehead atoms. The Morgan fingerprint density at radius 1 is 1.33 bits per heavy atom. The maximum absolute atomic E-state index is 5.84. The van der Waals surface area contributed by atoms with Gasteiger partial charge in [-0.3, -0.25) is 0 Å². The van der Waals surface area contributed by atoms with Gasteiger partial charge in [0.1, 0.15) is 0 Å². The Labute approximate surface area is 62.6 Å². The highest BCUT2D eigenvalue weighted by molar-refractivity contribution is 5.85. The summed E-state index contributed by atoms with van der Waals surface area (Å²) in [7, 11) is 0. The number of hydrogen-bond donors (Lipinski definition) is 2. The molecule has 0 spiro atoms. The monoisotopic (exact) mass is 150 g/mol. The maximum atomic E-state index is 5.84. The van der Waals surface area contributed by atoms with Crippen molar-refractivity contribution >= 4 is 12.4 Å². The van der Waals surface area contributed by atoms with Gasteiger partial charge < -0.3 is 11.1 Å². The lowest BCUT2D eigenvalue weighted by molar-refractivity contribution is 0.337. The standard InChI is InChI=1S/C6H14N2.ClH/c1-6(7)2-4-8-5-3-6;/h8H,2-5,7H2,1H3;1H. The second kappa shape index (κ2) is 3.40. The minimum absolute atomic E-state index is 0. The maximum Gasteiger partial charge on any atom is 0.0150 e. The van der Waals surface area contributed by atoms with Crippen LogP contribution in [0.4, 0.5) is 0 Å². The molecular weight excluding hydrogens is 136 g/mol. The summed E-state index contributed by atoms with van der Waals surface area (Å²) >= 11 is 0. The van der Waals surface area contributed by atoms with Gasteiger partial charge in [-0.05, 0) is 32.9 Å². The van der Waals surface area contributed by atoms with E-state index in [0.29, 0.717) is 0 Å². The SMILES string of the molecule is CC1(N)CCNCC1.Cl. The predicted molar refractivity (Wildman–Crippen MR) is 41.9 cm³/mol. The molecule has 3 heteroatoms. The molecule has 1 saturated heterocycles. The molecule has 0 aromatic heterocycles. The molecule has 0 radical (unpaired) electrons. The van der Waals surface area contributed by atoms with E-state index in [0.717, 1.165) is 25.9 Å². The van der Waals surface area contributed by atoms with E-state index in [1.807, 2.05) is 0 Å². The van der Waals surface area contributed by atoms with E-state index in [1.54, 1.807) is 0 Å². The largest absolute Gasteiger partial charge is 0.325 e. The van der Waals surface area contributed by atoms with Crippen molar-refractivity contribution in [3.63, 3.8) is 0 Å².